The monoisotopic (exact) mass is 322 g/mol. The standard InChI is InChI=1S/C15H18N2O4S/c1-15(9-20-4)8-12(14(22)16(2)3)11-7-10(17(18)19)5-6-13(11)21-15/h5-8H,9H2,1-4H3. The van der Waals surface area contributed by atoms with E-state index < -0.39 is 10.5 Å². The first-order valence-corrected chi connectivity index (χ1v) is 7.09. The van der Waals surface area contributed by atoms with E-state index >= 15 is 0 Å². The number of fused-ring (bicyclic) bond motifs is 1. The van der Waals surface area contributed by atoms with Crippen molar-refractivity contribution in [3.05, 3.63) is 40.0 Å². The van der Waals surface area contributed by atoms with Crippen molar-refractivity contribution >= 4 is 28.5 Å². The maximum atomic E-state index is 11.0. The van der Waals surface area contributed by atoms with Crippen LogP contribution in [-0.4, -0.2) is 48.2 Å². The average molecular weight is 322 g/mol. The summed E-state index contributed by atoms with van der Waals surface area (Å²) in [7, 11) is 5.27. The first-order valence-electron chi connectivity index (χ1n) is 6.69. The molecule has 0 spiro atoms. The second kappa shape index (κ2) is 6.02. The van der Waals surface area contributed by atoms with Crippen LogP contribution in [0, 0.1) is 10.1 Å². The summed E-state index contributed by atoms with van der Waals surface area (Å²) in [6, 6.07) is 4.52. The summed E-state index contributed by atoms with van der Waals surface area (Å²) in [5.74, 6) is 0.562. The fourth-order valence-corrected chi connectivity index (χ4v) is 2.54. The van der Waals surface area contributed by atoms with Crippen molar-refractivity contribution in [1.82, 2.24) is 4.90 Å². The van der Waals surface area contributed by atoms with Crippen molar-refractivity contribution in [2.24, 2.45) is 0 Å². The summed E-state index contributed by atoms with van der Waals surface area (Å²) in [4.78, 5) is 13.0. The van der Waals surface area contributed by atoms with Crippen molar-refractivity contribution in [3.8, 4) is 5.75 Å². The minimum Gasteiger partial charge on any atom is -0.480 e. The summed E-state index contributed by atoms with van der Waals surface area (Å²) >= 11 is 5.46. The van der Waals surface area contributed by atoms with Crippen LogP contribution in [0.5, 0.6) is 5.75 Å². The first kappa shape index (κ1) is 16.4. The van der Waals surface area contributed by atoms with E-state index in [0.717, 1.165) is 5.57 Å². The molecule has 0 saturated carbocycles. The number of thiocarbonyl (C=S) groups is 1. The van der Waals surface area contributed by atoms with Gasteiger partial charge in [-0.15, -0.1) is 0 Å². The highest BCUT2D eigenvalue weighted by atomic mass is 32.1. The highest BCUT2D eigenvalue weighted by molar-refractivity contribution is 7.81. The van der Waals surface area contributed by atoms with Crippen molar-refractivity contribution < 1.29 is 14.4 Å². The molecule has 1 aromatic carbocycles. The SMILES string of the molecule is COCC1(C)C=C(C(=S)N(C)C)c2cc([N+](=O)[O-])ccc2O1. The number of nitro groups is 1. The Kier molecular flexibility index (Phi) is 4.48. The number of ether oxygens (including phenoxy) is 2. The fourth-order valence-electron chi connectivity index (χ4n) is 2.37. The van der Waals surface area contributed by atoms with E-state index in [9.17, 15) is 10.1 Å². The number of benzene rings is 1. The van der Waals surface area contributed by atoms with Gasteiger partial charge in [0.05, 0.1) is 11.5 Å². The van der Waals surface area contributed by atoms with E-state index in [2.05, 4.69) is 0 Å². The lowest BCUT2D eigenvalue weighted by atomic mass is 9.93. The molecule has 22 heavy (non-hydrogen) atoms. The van der Waals surface area contributed by atoms with Gasteiger partial charge in [-0.1, -0.05) is 12.2 Å². The van der Waals surface area contributed by atoms with Crippen LogP contribution in [0.15, 0.2) is 24.3 Å². The fraction of sp³-hybridized carbons (Fsp3) is 0.400. The van der Waals surface area contributed by atoms with Gasteiger partial charge >= 0.3 is 0 Å². The van der Waals surface area contributed by atoms with E-state index in [1.54, 1.807) is 18.1 Å². The van der Waals surface area contributed by atoms with E-state index in [0.29, 0.717) is 22.9 Å². The molecular weight excluding hydrogens is 304 g/mol. The molecule has 1 unspecified atom stereocenters. The first-order chi connectivity index (χ1) is 10.3. The Hall–Kier alpha value is -1.99. The van der Waals surface area contributed by atoms with Gasteiger partial charge in [0, 0.05) is 44.5 Å². The van der Waals surface area contributed by atoms with Gasteiger partial charge in [0.1, 0.15) is 16.3 Å². The topological polar surface area (TPSA) is 64.8 Å². The van der Waals surface area contributed by atoms with Gasteiger partial charge < -0.3 is 14.4 Å². The van der Waals surface area contributed by atoms with Gasteiger partial charge in [0.15, 0.2) is 0 Å². The summed E-state index contributed by atoms with van der Waals surface area (Å²) in [6.45, 7) is 2.24. The predicted molar refractivity (Wildman–Crippen MR) is 88.3 cm³/mol. The molecule has 0 amide bonds. The summed E-state index contributed by atoms with van der Waals surface area (Å²) in [5, 5.41) is 11.0. The third-order valence-electron chi connectivity index (χ3n) is 3.32. The molecule has 0 aliphatic carbocycles. The van der Waals surface area contributed by atoms with Crippen LogP contribution in [0.3, 0.4) is 0 Å². The van der Waals surface area contributed by atoms with Crippen LogP contribution < -0.4 is 4.74 Å². The Balaban J connectivity index is 2.59. The second-order valence-electron chi connectivity index (χ2n) is 5.54. The molecule has 118 valence electrons. The average Bonchev–Trinajstić information content (AvgIpc) is 2.44. The van der Waals surface area contributed by atoms with E-state index in [-0.39, 0.29) is 5.69 Å². The number of non-ortho nitro benzene ring substituents is 1. The molecular formula is C15H18N2O4S. The van der Waals surface area contributed by atoms with Gasteiger partial charge in [-0.2, -0.15) is 0 Å². The van der Waals surface area contributed by atoms with E-state index in [1.807, 2.05) is 27.1 Å². The number of hydrogen-bond acceptors (Lipinski definition) is 5. The molecule has 0 bridgehead atoms. The largest absolute Gasteiger partial charge is 0.480 e. The number of rotatable bonds is 4. The van der Waals surface area contributed by atoms with Crippen molar-refractivity contribution in [2.75, 3.05) is 27.8 Å². The van der Waals surface area contributed by atoms with E-state index in [4.69, 9.17) is 21.7 Å². The van der Waals surface area contributed by atoms with Crippen LogP contribution >= 0.6 is 12.2 Å². The lowest BCUT2D eigenvalue weighted by Crippen LogP contribution is -2.39. The van der Waals surface area contributed by atoms with Gasteiger partial charge in [0.2, 0.25) is 0 Å². The minimum absolute atomic E-state index is 0.00477. The van der Waals surface area contributed by atoms with Crippen molar-refractivity contribution in [3.63, 3.8) is 0 Å². The molecule has 1 aliphatic heterocycles. The summed E-state index contributed by atoms with van der Waals surface area (Å²) < 4.78 is 11.2. The number of hydrogen-bond donors (Lipinski definition) is 0. The van der Waals surface area contributed by atoms with E-state index in [1.165, 1.54) is 12.1 Å². The number of likely N-dealkylation sites (N-methyl/N-ethyl adjacent to an activating group) is 1. The normalized spacial score (nSPS) is 19.7. The maximum absolute atomic E-state index is 11.0. The Morgan fingerprint density at radius 3 is 2.73 bits per heavy atom. The predicted octanol–water partition coefficient (Wildman–Crippen LogP) is 2.66. The second-order valence-corrected chi connectivity index (χ2v) is 5.93. The van der Waals surface area contributed by atoms with Crippen LogP contribution in [0.2, 0.25) is 0 Å². The van der Waals surface area contributed by atoms with Gasteiger partial charge in [-0.05, 0) is 19.1 Å². The molecule has 0 aromatic heterocycles. The molecule has 0 fully saturated rings. The van der Waals surface area contributed by atoms with Gasteiger partial charge in [-0.3, -0.25) is 10.1 Å². The zero-order valence-electron chi connectivity index (χ0n) is 13.0. The van der Waals surface area contributed by atoms with Crippen LogP contribution in [0.25, 0.3) is 5.57 Å². The Morgan fingerprint density at radius 1 is 1.50 bits per heavy atom. The van der Waals surface area contributed by atoms with Crippen LogP contribution in [-0.2, 0) is 4.74 Å². The Labute approximate surface area is 134 Å². The Morgan fingerprint density at radius 2 is 2.18 bits per heavy atom. The van der Waals surface area contributed by atoms with Crippen LogP contribution in [0.1, 0.15) is 12.5 Å². The lowest BCUT2D eigenvalue weighted by Gasteiger charge is -2.34. The van der Waals surface area contributed by atoms with Gasteiger partial charge in [0.25, 0.3) is 5.69 Å². The number of nitrogens with zero attached hydrogens (tertiary/aromatic N) is 2. The number of nitro benzene ring substituents is 1. The molecule has 1 heterocycles. The zero-order valence-corrected chi connectivity index (χ0v) is 13.8. The molecule has 0 radical (unpaired) electrons. The lowest BCUT2D eigenvalue weighted by molar-refractivity contribution is -0.384. The van der Waals surface area contributed by atoms with Crippen molar-refractivity contribution in [2.45, 2.75) is 12.5 Å². The molecule has 0 N–H and O–H groups in total. The smallest absolute Gasteiger partial charge is 0.270 e. The molecule has 7 heteroatoms. The molecule has 2 rings (SSSR count). The zero-order chi connectivity index (χ0) is 16.5. The molecule has 6 nitrogen and oxygen atoms in total. The quantitative estimate of drug-likeness (QED) is 0.482. The van der Waals surface area contributed by atoms with Gasteiger partial charge in [-0.25, -0.2) is 0 Å². The minimum atomic E-state index is -0.673. The summed E-state index contributed by atoms with van der Waals surface area (Å²) in [6.07, 6.45) is 1.87. The Bertz CT molecular complexity index is 657. The molecule has 0 saturated heterocycles. The number of methoxy groups -OCH3 is 1. The highest BCUT2D eigenvalue weighted by Gasteiger charge is 2.33. The summed E-state index contributed by atoms with van der Waals surface area (Å²) in [5.41, 5.74) is 0.698. The van der Waals surface area contributed by atoms with Crippen LogP contribution in [0.4, 0.5) is 5.69 Å². The third kappa shape index (κ3) is 3.10. The highest BCUT2D eigenvalue weighted by Crippen LogP contribution is 2.39. The van der Waals surface area contributed by atoms with Crippen molar-refractivity contribution in [1.29, 1.82) is 0 Å². The molecule has 1 atom stereocenters. The maximum Gasteiger partial charge on any atom is 0.270 e. The molecule has 1 aliphatic rings. The third-order valence-corrected chi connectivity index (χ3v) is 3.91. The molecule has 1 aromatic rings.